The predicted molar refractivity (Wildman–Crippen MR) is 66.1 cm³/mol. The van der Waals surface area contributed by atoms with Crippen molar-refractivity contribution in [2.45, 2.75) is 23.8 Å². The Bertz CT molecular complexity index is 478. The van der Waals surface area contributed by atoms with E-state index in [0.717, 1.165) is 19.4 Å². The Kier molecular flexibility index (Phi) is 3.69. The first-order chi connectivity index (χ1) is 8.13. The Morgan fingerprint density at radius 2 is 2.18 bits per heavy atom. The van der Waals surface area contributed by atoms with E-state index in [1.165, 1.54) is 7.11 Å². The maximum Gasteiger partial charge on any atom is 0.183 e. The second kappa shape index (κ2) is 5.06. The van der Waals surface area contributed by atoms with Crippen molar-refractivity contribution in [2.75, 3.05) is 19.4 Å². The van der Waals surface area contributed by atoms with E-state index >= 15 is 0 Å². The predicted octanol–water partition coefficient (Wildman–Crippen LogP) is 1.22. The number of nitrogens with one attached hydrogen (secondary N) is 1. The first kappa shape index (κ1) is 12.4. The van der Waals surface area contributed by atoms with Crippen LogP contribution in [0.25, 0.3) is 0 Å². The molecule has 1 aliphatic rings. The molecular formula is C12H17NO3S. The average Bonchev–Trinajstić information content (AvgIpc) is 2.81. The Morgan fingerprint density at radius 1 is 1.41 bits per heavy atom. The first-order valence-electron chi connectivity index (χ1n) is 5.72. The molecule has 0 radical (unpaired) electrons. The van der Waals surface area contributed by atoms with Crippen molar-refractivity contribution in [3.05, 3.63) is 24.3 Å². The van der Waals surface area contributed by atoms with Gasteiger partial charge in [-0.05, 0) is 31.5 Å². The van der Waals surface area contributed by atoms with Crippen LogP contribution in [0.3, 0.4) is 0 Å². The van der Waals surface area contributed by atoms with Gasteiger partial charge in [-0.15, -0.1) is 0 Å². The third kappa shape index (κ3) is 2.79. The van der Waals surface area contributed by atoms with E-state index in [1.54, 1.807) is 24.3 Å². The quantitative estimate of drug-likeness (QED) is 0.879. The molecular weight excluding hydrogens is 238 g/mol. The third-order valence-electron chi connectivity index (χ3n) is 2.99. The zero-order valence-corrected chi connectivity index (χ0v) is 10.7. The molecule has 1 saturated heterocycles. The van der Waals surface area contributed by atoms with E-state index in [2.05, 4.69) is 5.32 Å². The molecule has 1 aromatic carbocycles. The van der Waals surface area contributed by atoms with Crippen molar-refractivity contribution in [2.24, 2.45) is 0 Å². The molecule has 0 aromatic heterocycles. The van der Waals surface area contributed by atoms with Gasteiger partial charge in [0.25, 0.3) is 0 Å². The van der Waals surface area contributed by atoms with Gasteiger partial charge in [-0.25, -0.2) is 8.42 Å². The van der Waals surface area contributed by atoms with E-state index in [9.17, 15) is 8.42 Å². The lowest BCUT2D eigenvalue weighted by molar-refractivity contribution is 0.402. The summed E-state index contributed by atoms with van der Waals surface area (Å²) < 4.78 is 29.6. The summed E-state index contributed by atoms with van der Waals surface area (Å²) in [6, 6.07) is 6.84. The summed E-state index contributed by atoms with van der Waals surface area (Å²) in [6.45, 7) is 0.909. The van der Waals surface area contributed by atoms with E-state index in [4.69, 9.17) is 4.74 Å². The van der Waals surface area contributed by atoms with Crippen LogP contribution in [-0.4, -0.2) is 33.9 Å². The lowest BCUT2D eigenvalue weighted by atomic mass is 10.3. The van der Waals surface area contributed by atoms with Crippen LogP contribution >= 0.6 is 0 Å². The molecule has 1 atom stereocenters. The molecule has 5 heteroatoms. The summed E-state index contributed by atoms with van der Waals surface area (Å²) in [6.07, 6.45) is 1.97. The van der Waals surface area contributed by atoms with Crippen LogP contribution in [0.4, 0.5) is 0 Å². The summed E-state index contributed by atoms with van der Waals surface area (Å²) in [5.74, 6) is 0.568. The van der Waals surface area contributed by atoms with Crippen molar-refractivity contribution in [3.63, 3.8) is 0 Å². The number of benzene rings is 1. The SMILES string of the molecule is COc1ccccc1S(=O)(=O)CC1CCCN1. The van der Waals surface area contributed by atoms with Crippen molar-refractivity contribution in [1.29, 1.82) is 0 Å². The average molecular weight is 255 g/mol. The summed E-state index contributed by atoms with van der Waals surface area (Å²) >= 11 is 0. The van der Waals surface area contributed by atoms with E-state index in [0.29, 0.717) is 5.75 Å². The van der Waals surface area contributed by atoms with Gasteiger partial charge in [0.1, 0.15) is 10.6 Å². The fourth-order valence-electron chi connectivity index (χ4n) is 2.13. The molecule has 0 spiro atoms. The van der Waals surface area contributed by atoms with Gasteiger partial charge < -0.3 is 10.1 Å². The van der Waals surface area contributed by atoms with Gasteiger partial charge in [0.15, 0.2) is 9.84 Å². The molecule has 17 heavy (non-hydrogen) atoms. The van der Waals surface area contributed by atoms with Crippen molar-refractivity contribution < 1.29 is 13.2 Å². The molecule has 0 amide bonds. The summed E-state index contributed by atoms with van der Waals surface area (Å²) in [7, 11) is -1.79. The molecule has 0 bridgehead atoms. The minimum atomic E-state index is -3.27. The van der Waals surface area contributed by atoms with E-state index in [1.807, 2.05) is 0 Å². The summed E-state index contributed by atoms with van der Waals surface area (Å²) in [5, 5.41) is 3.20. The number of rotatable bonds is 4. The first-order valence-corrected chi connectivity index (χ1v) is 7.38. The zero-order valence-electron chi connectivity index (χ0n) is 9.85. The van der Waals surface area contributed by atoms with Crippen LogP contribution in [0, 0.1) is 0 Å². The molecule has 1 unspecified atom stereocenters. The number of para-hydroxylation sites is 1. The highest BCUT2D eigenvalue weighted by atomic mass is 32.2. The van der Waals surface area contributed by atoms with Gasteiger partial charge >= 0.3 is 0 Å². The summed E-state index contributed by atoms with van der Waals surface area (Å²) in [4.78, 5) is 0.288. The second-order valence-electron chi connectivity index (χ2n) is 4.23. The molecule has 2 rings (SSSR count). The minimum absolute atomic E-state index is 0.0740. The Balaban J connectivity index is 2.24. The topological polar surface area (TPSA) is 55.4 Å². The molecule has 0 saturated carbocycles. The highest BCUT2D eigenvalue weighted by molar-refractivity contribution is 7.91. The fourth-order valence-corrected chi connectivity index (χ4v) is 3.87. The summed E-state index contributed by atoms with van der Waals surface area (Å²) in [5.41, 5.74) is 0. The normalized spacial score (nSPS) is 20.4. The molecule has 4 nitrogen and oxygen atoms in total. The Hall–Kier alpha value is -1.07. The molecule has 0 aliphatic carbocycles. The molecule has 1 fully saturated rings. The highest BCUT2D eigenvalue weighted by Crippen LogP contribution is 2.25. The van der Waals surface area contributed by atoms with Crippen molar-refractivity contribution in [1.82, 2.24) is 5.32 Å². The Morgan fingerprint density at radius 3 is 2.82 bits per heavy atom. The van der Waals surface area contributed by atoms with Gasteiger partial charge in [0, 0.05) is 6.04 Å². The van der Waals surface area contributed by atoms with Gasteiger partial charge in [-0.3, -0.25) is 0 Å². The second-order valence-corrected chi connectivity index (χ2v) is 6.23. The van der Waals surface area contributed by atoms with Crippen LogP contribution in [0.15, 0.2) is 29.2 Å². The number of hydrogen-bond donors (Lipinski definition) is 1. The number of methoxy groups -OCH3 is 1. The highest BCUT2D eigenvalue weighted by Gasteiger charge is 2.25. The van der Waals surface area contributed by atoms with Crippen LogP contribution < -0.4 is 10.1 Å². The molecule has 1 N–H and O–H groups in total. The van der Waals surface area contributed by atoms with Gasteiger partial charge in [0.2, 0.25) is 0 Å². The number of ether oxygens (including phenoxy) is 1. The van der Waals surface area contributed by atoms with E-state index < -0.39 is 9.84 Å². The van der Waals surface area contributed by atoms with Gasteiger partial charge in [0.05, 0.1) is 12.9 Å². The van der Waals surface area contributed by atoms with Crippen LogP contribution in [0.5, 0.6) is 5.75 Å². The minimum Gasteiger partial charge on any atom is -0.495 e. The smallest absolute Gasteiger partial charge is 0.183 e. The lowest BCUT2D eigenvalue weighted by Crippen LogP contribution is -2.30. The molecule has 1 heterocycles. The van der Waals surface area contributed by atoms with Crippen molar-refractivity contribution >= 4 is 9.84 Å². The monoisotopic (exact) mass is 255 g/mol. The van der Waals surface area contributed by atoms with Gasteiger partial charge in [-0.1, -0.05) is 12.1 Å². The largest absolute Gasteiger partial charge is 0.495 e. The Labute approximate surface area is 102 Å². The maximum atomic E-state index is 12.2. The van der Waals surface area contributed by atoms with Crippen molar-refractivity contribution in [3.8, 4) is 5.75 Å². The van der Waals surface area contributed by atoms with E-state index in [-0.39, 0.29) is 16.7 Å². The number of hydrogen-bond acceptors (Lipinski definition) is 4. The maximum absolute atomic E-state index is 12.2. The fraction of sp³-hybridized carbons (Fsp3) is 0.500. The third-order valence-corrected chi connectivity index (χ3v) is 4.84. The van der Waals surface area contributed by atoms with Crippen LogP contribution in [-0.2, 0) is 9.84 Å². The molecule has 1 aromatic rings. The zero-order chi connectivity index (χ0) is 12.3. The number of sulfone groups is 1. The van der Waals surface area contributed by atoms with Crippen LogP contribution in [0.2, 0.25) is 0 Å². The standard InChI is InChI=1S/C12H17NO3S/c1-16-11-6-2-3-7-12(11)17(14,15)9-10-5-4-8-13-10/h2-3,6-7,10,13H,4-5,8-9H2,1H3. The lowest BCUT2D eigenvalue weighted by Gasteiger charge is -2.13. The van der Waals surface area contributed by atoms with Crippen LogP contribution in [0.1, 0.15) is 12.8 Å². The van der Waals surface area contributed by atoms with Gasteiger partial charge in [-0.2, -0.15) is 0 Å². The molecule has 1 aliphatic heterocycles. The molecule has 94 valence electrons.